The Bertz CT molecular complexity index is 1450. The third-order valence-corrected chi connectivity index (χ3v) is 16.6. The van der Waals surface area contributed by atoms with Crippen LogP contribution in [0.25, 0.3) is 5.57 Å². The van der Waals surface area contributed by atoms with Gasteiger partial charge in [0.25, 0.3) is 0 Å². The van der Waals surface area contributed by atoms with E-state index in [1.165, 1.54) is 39.0 Å². The second kappa shape index (κ2) is 10.6. The van der Waals surface area contributed by atoms with Gasteiger partial charge in [-0.3, -0.25) is 0 Å². The van der Waals surface area contributed by atoms with Crippen molar-refractivity contribution in [2.45, 2.75) is 99.7 Å². The summed E-state index contributed by atoms with van der Waals surface area (Å²) in [5.41, 5.74) is 13.0. The second-order valence-electron chi connectivity index (χ2n) is 14.8. The highest BCUT2D eigenvalue weighted by molar-refractivity contribution is 6.93. The Hall–Kier alpha value is -2.21. The Kier molecular flexibility index (Phi) is 8.12. The minimum atomic E-state index is -1.50. The van der Waals surface area contributed by atoms with Crippen molar-refractivity contribution < 1.29 is 0 Å². The SMILES string of the molecule is CC1=C(C)C(C)([Si](c2cc(C)cc([Si](C)(C)C)c2)c2cc(C)cc([Si](C)(C)C)c2)C(c2cc(C)cc(C)c2)=C1C. The van der Waals surface area contributed by atoms with Gasteiger partial charge in [0.2, 0.25) is 0 Å². The summed E-state index contributed by atoms with van der Waals surface area (Å²) in [5, 5.41) is 6.24. The lowest BCUT2D eigenvalue weighted by Crippen LogP contribution is -2.55. The van der Waals surface area contributed by atoms with Gasteiger partial charge in [0.05, 0.1) is 16.1 Å². The maximum Gasteiger partial charge on any atom is 0.136 e. The van der Waals surface area contributed by atoms with Crippen LogP contribution in [0, 0.1) is 27.7 Å². The molecule has 1 atom stereocenters. The lowest BCUT2D eigenvalue weighted by Gasteiger charge is -2.40. The third kappa shape index (κ3) is 5.62. The molecule has 0 amide bonds. The van der Waals surface area contributed by atoms with Gasteiger partial charge in [-0.15, -0.1) is 0 Å². The molecule has 1 radical (unpaired) electrons. The maximum atomic E-state index is 2.63. The van der Waals surface area contributed by atoms with Crippen LogP contribution in [0.1, 0.15) is 55.5 Å². The first-order valence-electron chi connectivity index (χ1n) is 14.9. The summed E-state index contributed by atoms with van der Waals surface area (Å²) in [7, 11) is -4.29. The van der Waals surface area contributed by atoms with E-state index in [1.54, 1.807) is 31.9 Å². The fourth-order valence-corrected chi connectivity index (χ4v) is 13.6. The highest BCUT2D eigenvalue weighted by atomic mass is 28.3. The van der Waals surface area contributed by atoms with Crippen molar-refractivity contribution in [3.8, 4) is 0 Å². The lowest BCUT2D eigenvalue weighted by atomic mass is 9.89. The second-order valence-corrected chi connectivity index (χ2v) is 27.9. The Morgan fingerprint density at radius 1 is 0.500 bits per heavy atom. The van der Waals surface area contributed by atoms with Crippen LogP contribution < -0.4 is 20.7 Å². The first-order chi connectivity index (χ1) is 18.3. The molecule has 0 nitrogen and oxygen atoms in total. The van der Waals surface area contributed by atoms with Crippen molar-refractivity contribution in [3.63, 3.8) is 0 Å². The zero-order valence-corrected chi connectivity index (χ0v) is 30.7. The first kappa shape index (κ1) is 30.7. The lowest BCUT2D eigenvalue weighted by molar-refractivity contribution is 0.901. The molecule has 0 saturated heterocycles. The largest absolute Gasteiger partial charge is 0.136 e. The van der Waals surface area contributed by atoms with Crippen LogP contribution in [0.15, 0.2) is 71.3 Å². The molecular weight excluding hydrogens is 529 g/mol. The fourth-order valence-electron chi connectivity index (χ4n) is 6.81. The van der Waals surface area contributed by atoms with Gasteiger partial charge in [-0.2, -0.15) is 0 Å². The first-order valence-corrected chi connectivity index (χ1v) is 23.4. The predicted molar refractivity (Wildman–Crippen MR) is 189 cm³/mol. The van der Waals surface area contributed by atoms with Gasteiger partial charge in [-0.25, -0.2) is 0 Å². The normalized spacial score (nSPS) is 18.4. The van der Waals surface area contributed by atoms with E-state index in [2.05, 4.69) is 149 Å². The van der Waals surface area contributed by atoms with Crippen LogP contribution in [-0.2, 0) is 0 Å². The average Bonchev–Trinajstić information content (AvgIpc) is 2.97. The molecule has 0 aliphatic heterocycles. The van der Waals surface area contributed by atoms with Gasteiger partial charge in [0, 0.05) is 5.04 Å². The molecule has 0 fully saturated rings. The summed E-state index contributed by atoms with van der Waals surface area (Å²) < 4.78 is 0. The van der Waals surface area contributed by atoms with Crippen LogP contribution in [0.3, 0.4) is 0 Å². The molecule has 0 spiro atoms. The van der Waals surface area contributed by atoms with Gasteiger partial charge < -0.3 is 0 Å². The highest BCUT2D eigenvalue weighted by Gasteiger charge is 2.48. The van der Waals surface area contributed by atoms with Gasteiger partial charge in [0.1, 0.15) is 8.80 Å². The number of hydrogen-bond acceptors (Lipinski definition) is 0. The molecule has 0 saturated carbocycles. The Morgan fingerprint density at radius 3 is 1.30 bits per heavy atom. The minimum Gasteiger partial charge on any atom is -0.0656 e. The van der Waals surface area contributed by atoms with Gasteiger partial charge in [-0.1, -0.05) is 149 Å². The molecule has 1 aliphatic carbocycles. The number of aryl methyl sites for hydroxylation is 4. The number of rotatable bonds is 6. The summed E-state index contributed by atoms with van der Waals surface area (Å²) >= 11 is 0. The minimum absolute atomic E-state index is 0.0614. The zero-order chi connectivity index (χ0) is 29.9. The van der Waals surface area contributed by atoms with Crippen LogP contribution >= 0.6 is 0 Å². The summed E-state index contributed by atoms with van der Waals surface area (Å²) in [4.78, 5) is 0. The Balaban J connectivity index is 2.14. The molecule has 0 N–H and O–H groups in total. The summed E-state index contributed by atoms with van der Waals surface area (Å²) in [5.74, 6) is 0. The molecule has 0 bridgehead atoms. The number of hydrogen-bond donors (Lipinski definition) is 0. The van der Waals surface area contributed by atoms with Crippen LogP contribution in [0.2, 0.25) is 44.3 Å². The van der Waals surface area contributed by atoms with E-state index in [4.69, 9.17) is 0 Å². The zero-order valence-electron chi connectivity index (χ0n) is 27.7. The molecular formula is C37H51Si3. The fraction of sp³-hybridized carbons (Fsp3) is 0.405. The molecule has 40 heavy (non-hydrogen) atoms. The van der Waals surface area contributed by atoms with E-state index >= 15 is 0 Å². The van der Waals surface area contributed by atoms with Crippen molar-refractivity contribution in [3.05, 3.63) is 99.1 Å². The highest BCUT2D eigenvalue weighted by Crippen LogP contribution is 2.58. The van der Waals surface area contributed by atoms with E-state index in [9.17, 15) is 0 Å². The van der Waals surface area contributed by atoms with Gasteiger partial charge >= 0.3 is 0 Å². The number of benzene rings is 3. The standard InChI is InChI=1S/C37H51Si3/c1-24-15-25(2)17-31(16-24)36-29(6)28(5)30(7)37(36,8)38(32-18-26(3)20-34(22-32)39(9,10)11)33-19-27(4)21-35(23-33)40(12,13)14/h15-23H,1-14H3. The van der Waals surface area contributed by atoms with Crippen molar-refractivity contribution in [1.82, 2.24) is 0 Å². The summed E-state index contributed by atoms with van der Waals surface area (Å²) in [6.07, 6.45) is 0. The quantitative estimate of drug-likeness (QED) is 0.258. The van der Waals surface area contributed by atoms with E-state index < -0.39 is 24.9 Å². The van der Waals surface area contributed by atoms with Gasteiger partial charge in [-0.05, 0) is 70.7 Å². The topological polar surface area (TPSA) is 0 Å². The van der Waals surface area contributed by atoms with Crippen molar-refractivity contribution in [1.29, 1.82) is 0 Å². The molecule has 1 unspecified atom stereocenters. The molecule has 0 aromatic heterocycles. The molecule has 3 heteroatoms. The molecule has 4 rings (SSSR count). The predicted octanol–water partition coefficient (Wildman–Crippen LogP) is 8.20. The smallest absolute Gasteiger partial charge is 0.0656 e. The Morgan fingerprint density at radius 2 is 0.900 bits per heavy atom. The summed E-state index contributed by atoms with van der Waals surface area (Å²) in [6, 6.07) is 22.4. The van der Waals surface area contributed by atoms with Gasteiger partial charge in [0.15, 0.2) is 0 Å². The van der Waals surface area contributed by atoms with E-state index in [1.807, 2.05) is 0 Å². The van der Waals surface area contributed by atoms with Crippen LogP contribution in [-0.4, -0.2) is 24.9 Å². The number of allylic oxidation sites excluding steroid dienone is 4. The summed E-state index contributed by atoms with van der Waals surface area (Å²) in [6.45, 7) is 33.8. The van der Waals surface area contributed by atoms with E-state index in [-0.39, 0.29) is 5.04 Å². The van der Waals surface area contributed by atoms with E-state index in [0.29, 0.717) is 0 Å². The Labute approximate surface area is 249 Å². The van der Waals surface area contributed by atoms with Crippen LogP contribution in [0.4, 0.5) is 0 Å². The average molecular weight is 580 g/mol. The molecule has 211 valence electrons. The third-order valence-electron chi connectivity index (χ3n) is 9.22. The molecule has 0 heterocycles. The van der Waals surface area contributed by atoms with Crippen molar-refractivity contribution >= 4 is 51.3 Å². The monoisotopic (exact) mass is 579 g/mol. The maximum absolute atomic E-state index is 2.63. The molecule has 3 aromatic rings. The molecule has 1 aliphatic rings. The molecule has 3 aromatic carbocycles. The van der Waals surface area contributed by atoms with Crippen molar-refractivity contribution in [2.75, 3.05) is 0 Å². The van der Waals surface area contributed by atoms with E-state index in [0.717, 1.165) is 0 Å². The van der Waals surface area contributed by atoms with Crippen LogP contribution in [0.5, 0.6) is 0 Å². The van der Waals surface area contributed by atoms with Crippen molar-refractivity contribution in [2.24, 2.45) is 0 Å².